The van der Waals surface area contributed by atoms with Gasteiger partial charge in [0.05, 0.1) is 6.04 Å². The number of fused-ring (bicyclic) bond motifs is 8. The van der Waals surface area contributed by atoms with E-state index in [9.17, 15) is 4.79 Å². The first-order valence-corrected chi connectivity index (χ1v) is 12.4. The number of benzene rings is 3. The molecule has 5 atom stereocenters. The molecular formula is C29H28N2O3. The highest BCUT2D eigenvalue weighted by Gasteiger charge is 2.53. The molecule has 4 aliphatic rings. The Bertz CT molecular complexity index is 1260. The zero-order valence-electron chi connectivity index (χ0n) is 19.0. The molecule has 172 valence electrons. The molecule has 2 bridgehead atoms. The van der Waals surface area contributed by atoms with Crippen LogP contribution in [0.4, 0.5) is 11.4 Å². The molecule has 0 unspecified atom stereocenters. The average Bonchev–Trinajstić information content (AvgIpc) is 3.51. The van der Waals surface area contributed by atoms with Crippen LogP contribution in [0.5, 0.6) is 11.5 Å². The first-order chi connectivity index (χ1) is 16.7. The fourth-order valence-corrected chi connectivity index (χ4v) is 6.94. The first-order valence-electron chi connectivity index (χ1n) is 12.4. The Labute approximate surface area is 199 Å². The Balaban J connectivity index is 1.20. The molecule has 2 aliphatic carbocycles. The van der Waals surface area contributed by atoms with Crippen molar-refractivity contribution in [3.8, 4) is 11.5 Å². The van der Waals surface area contributed by atoms with E-state index in [1.54, 1.807) is 0 Å². The number of nitrogens with one attached hydrogen (secondary N) is 2. The van der Waals surface area contributed by atoms with Gasteiger partial charge < -0.3 is 20.1 Å². The lowest BCUT2D eigenvalue weighted by molar-refractivity contribution is 0.102. The Kier molecular flexibility index (Phi) is 4.57. The number of carbonyl (C=O) groups excluding carboxylic acids is 1. The lowest BCUT2D eigenvalue weighted by atomic mass is 9.68. The molecule has 0 aromatic heterocycles. The maximum atomic E-state index is 13.2. The molecule has 0 spiro atoms. The summed E-state index contributed by atoms with van der Waals surface area (Å²) in [5, 5.41) is 6.91. The second kappa shape index (κ2) is 7.79. The zero-order valence-corrected chi connectivity index (χ0v) is 19.0. The van der Waals surface area contributed by atoms with E-state index in [-0.39, 0.29) is 5.91 Å². The van der Waals surface area contributed by atoms with Crippen molar-refractivity contribution in [2.24, 2.45) is 17.8 Å². The van der Waals surface area contributed by atoms with Gasteiger partial charge in [-0.1, -0.05) is 30.3 Å². The van der Waals surface area contributed by atoms with Crippen LogP contribution in [0.25, 0.3) is 0 Å². The lowest BCUT2D eigenvalue weighted by Gasteiger charge is -2.43. The molecule has 2 aliphatic heterocycles. The second-order valence-electron chi connectivity index (χ2n) is 10.1. The highest BCUT2D eigenvalue weighted by atomic mass is 16.6. The molecule has 5 heteroatoms. The van der Waals surface area contributed by atoms with Gasteiger partial charge in [-0.05, 0) is 84.4 Å². The fraction of sp³-hybridized carbons (Fsp3) is 0.345. The van der Waals surface area contributed by atoms with Crippen molar-refractivity contribution in [1.82, 2.24) is 0 Å². The summed E-state index contributed by atoms with van der Waals surface area (Å²) in [6.45, 7) is 1.08. The summed E-state index contributed by atoms with van der Waals surface area (Å²) < 4.78 is 11.3. The molecule has 1 amide bonds. The van der Waals surface area contributed by atoms with Crippen LogP contribution in [-0.4, -0.2) is 19.1 Å². The van der Waals surface area contributed by atoms with Gasteiger partial charge in [0.1, 0.15) is 13.2 Å². The number of hydrogen-bond acceptors (Lipinski definition) is 4. The van der Waals surface area contributed by atoms with Crippen molar-refractivity contribution >= 4 is 17.3 Å². The number of amides is 1. The predicted octanol–water partition coefficient (Wildman–Crippen LogP) is 6.01. The van der Waals surface area contributed by atoms with Gasteiger partial charge in [0.25, 0.3) is 5.91 Å². The Morgan fingerprint density at radius 2 is 1.71 bits per heavy atom. The Morgan fingerprint density at radius 1 is 0.882 bits per heavy atom. The van der Waals surface area contributed by atoms with Crippen molar-refractivity contribution in [1.29, 1.82) is 0 Å². The van der Waals surface area contributed by atoms with E-state index in [1.165, 1.54) is 36.1 Å². The normalized spacial score (nSPS) is 27.9. The molecule has 0 radical (unpaired) electrons. The monoisotopic (exact) mass is 452 g/mol. The Hall–Kier alpha value is -3.47. The second-order valence-corrected chi connectivity index (χ2v) is 10.1. The SMILES string of the molecule is O=C(Nc1ccc2c(c1)OCCO2)c1ccc2c(c1)[C@H]1[C@H]3CC[C@H](C3)[C@@H]1[C@@H](c1ccccc1)N2. The van der Waals surface area contributed by atoms with E-state index in [4.69, 9.17) is 9.47 Å². The van der Waals surface area contributed by atoms with E-state index in [0.717, 1.165) is 17.6 Å². The molecule has 2 saturated carbocycles. The standard InChI is InChI=1S/C29H28N2O3/c32-29(30-21-9-11-24-25(16-21)34-13-12-33-24)20-8-10-23-22(15-20)26-18-6-7-19(14-18)27(26)28(31-23)17-4-2-1-3-5-17/h1-5,8-11,15-16,18-19,26-28,31H,6-7,12-14H2,(H,30,32)/t18-,19+,26+,27-,28+/m0/s1. The number of hydrogen-bond donors (Lipinski definition) is 2. The van der Waals surface area contributed by atoms with Gasteiger partial charge in [0.15, 0.2) is 11.5 Å². The topological polar surface area (TPSA) is 59.6 Å². The van der Waals surface area contributed by atoms with Gasteiger partial charge in [0, 0.05) is 23.0 Å². The smallest absolute Gasteiger partial charge is 0.255 e. The maximum absolute atomic E-state index is 13.2. The summed E-state index contributed by atoms with van der Waals surface area (Å²) in [7, 11) is 0. The molecule has 7 rings (SSSR count). The minimum absolute atomic E-state index is 0.0932. The largest absolute Gasteiger partial charge is 0.486 e. The fourth-order valence-electron chi connectivity index (χ4n) is 6.94. The van der Waals surface area contributed by atoms with Crippen LogP contribution >= 0.6 is 0 Å². The van der Waals surface area contributed by atoms with Crippen LogP contribution in [0.1, 0.15) is 52.7 Å². The van der Waals surface area contributed by atoms with Crippen molar-refractivity contribution in [2.75, 3.05) is 23.8 Å². The summed E-state index contributed by atoms with van der Waals surface area (Å²) in [4.78, 5) is 13.2. The van der Waals surface area contributed by atoms with Gasteiger partial charge in [-0.3, -0.25) is 4.79 Å². The number of anilines is 2. The first kappa shape index (κ1) is 20.0. The van der Waals surface area contributed by atoms with Crippen LogP contribution in [-0.2, 0) is 0 Å². The third-order valence-corrected chi connectivity index (χ3v) is 8.31. The van der Waals surface area contributed by atoms with Gasteiger partial charge in [-0.25, -0.2) is 0 Å². The van der Waals surface area contributed by atoms with E-state index in [2.05, 4.69) is 53.1 Å². The maximum Gasteiger partial charge on any atom is 0.255 e. The molecule has 3 aromatic rings. The van der Waals surface area contributed by atoms with Crippen LogP contribution in [0.2, 0.25) is 0 Å². The van der Waals surface area contributed by atoms with Crippen LogP contribution in [0.15, 0.2) is 66.7 Å². The lowest BCUT2D eigenvalue weighted by Crippen LogP contribution is -2.35. The van der Waals surface area contributed by atoms with Crippen molar-refractivity contribution in [3.05, 3.63) is 83.4 Å². The van der Waals surface area contributed by atoms with Gasteiger partial charge in [-0.2, -0.15) is 0 Å². The molecule has 2 fully saturated rings. The third-order valence-electron chi connectivity index (χ3n) is 8.31. The summed E-state index contributed by atoms with van der Waals surface area (Å²) >= 11 is 0. The molecule has 34 heavy (non-hydrogen) atoms. The minimum atomic E-state index is -0.0932. The Morgan fingerprint density at radius 3 is 2.59 bits per heavy atom. The summed E-state index contributed by atoms with van der Waals surface area (Å²) in [5.74, 6) is 3.89. The van der Waals surface area contributed by atoms with Gasteiger partial charge in [0.2, 0.25) is 0 Å². The van der Waals surface area contributed by atoms with Gasteiger partial charge in [-0.15, -0.1) is 0 Å². The van der Waals surface area contributed by atoms with Crippen molar-refractivity contribution < 1.29 is 14.3 Å². The van der Waals surface area contributed by atoms with E-state index in [1.807, 2.05) is 24.3 Å². The van der Waals surface area contributed by atoms with Crippen LogP contribution in [0.3, 0.4) is 0 Å². The molecule has 2 N–H and O–H groups in total. The molecule has 3 aromatic carbocycles. The highest BCUT2D eigenvalue weighted by molar-refractivity contribution is 6.05. The van der Waals surface area contributed by atoms with Gasteiger partial charge >= 0.3 is 0 Å². The summed E-state index contributed by atoms with van der Waals surface area (Å²) in [6.07, 6.45) is 3.95. The molecular weight excluding hydrogens is 424 g/mol. The number of ether oxygens (including phenoxy) is 2. The molecule has 2 heterocycles. The molecule has 5 nitrogen and oxygen atoms in total. The van der Waals surface area contributed by atoms with E-state index >= 15 is 0 Å². The third kappa shape index (κ3) is 3.17. The van der Waals surface area contributed by atoms with Crippen molar-refractivity contribution in [3.63, 3.8) is 0 Å². The molecule has 0 saturated heterocycles. The number of carbonyl (C=O) groups is 1. The van der Waals surface area contributed by atoms with Crippen molar-refractivity contribution in [2.45, 2.75) is 31.2 Å². The van der Waals surface area contributed by atoms with Crippen LogP contribution in [0, 0.1) is 17.8 Å². The zero-order chi connectivity index (χ0) is 22.6. The quantitative estimate of drug-likeness (QED) is 0.511. The summed E-state index contributed by atoms with van der Waals surface area (Å²) in [5.41, 5.74) is 5.29. The predicted molar refractivity (Wildman–Crippen MR) is 132 cm³/mol. The minimum Gasteiger partial charge on any atom is -0.486 e. The van der Waals surface area contributed by atoms with E-state index < -0.39 is 0 Å². The highest BCUT2D eigenvalue weighted by Crippen LogP contribution is 2.63. The summed E-state index contributed by atoms with van der Waals surface area (Å²) in [6, 6.07) is 22.9. The average molecular weight is 453 g/mol. The van der Waals surface area contributed by atoms with Crippen LogP contribution < -0.4 is 20.1 Å². The van der Waals surface area contributed by atoms with E-state index in [0.29, 0.717) is 48.1 Å². The number of rotatable bonds is 3.